The lowest BCUT2D eigenvalue weighted by atomic mass is 10.0. The first kappa shape index (κ1) is 11.4. The van der Waals surface area contributed by atoms with E-state index in [0.717, 1.165) is 6.07 Å². The minimum Gasteiger partial charge on any atom is -0.507 e. The third kappa shape index (κ3) is 2.05. The molecule has 0 radical (unpaired) electrons. The summed E-state index contributed by atoms with van der Waals surface area (Å²) in [7, 11) is 0. The van der Waals surface area contributed by atoms with Crippen LogP contribution in [0.3, 0.4) is 0 Å². The molecule has 0 fully saturated rings. The Labute approximate surface area is 85.1 Å². The molecule has 0 unspecified atom stereocenters. The molecule has 6 heteroatoms. The van der Waals surface area contributed by atoms with Crippen molar-refractivity contribution in [3.8, 4) is 5.75 Å². The summed E-state index contributed by atoms with van der Waals surface area (Å²) in [6, 6.07) is 1.44. The first-order valence-electron chi connectivity index (χ1n) is 4.19. The number of hydrogen-bond donors (Lipinski definition) is 4. The molecule has 0 aliphatic carbocycles. The van der Waals surface area contributed by atoms with Crippen molar-refractivity contribution in [2.75, 3.05) is 6.54 Å². The molecule has 0 aromatic heterocycles. The van der Waals surface area contributed by atoms with Crippen LogP contribution in [0.15, 0.2) is 12.1 Å². The first-order valence-corrected chi connectivity index (χ1v) is 4.19. The van der Waals surface area contributed by atoms with Gasteiger partial charge in [0.2, 0.25) is 0 Å². The maximum atomic E-state index is 13.0. The number of phenols is 1. The van der Waals surface area contributed by atoms with Crippen LogP contribution >= 0.6 is 0 Å². The highest BCUT2D eigenvalue weighted by molar-refractivity contribution is 5.91. The van der Waals surface area contributed by atoms with Crippen LogP contribution in [0.4, 0.5) is 4.39 Å². The summed E-state index contributed by atoms with van der Waals surface area (Å²) in [5.74, 6) is -3.22. The Balaban J connectivity index is 3.34. The van der Waals surface area contributed by atoms with Crippen LogP contribution in [-0.4, -0.2) is 22.7 Å². The normalized spacial score (nSPS) is 12.5. The third-order valence-electron chi connectivity index (χ3n) is 2.03. The number of hydrogen-bond acceptors (Lipinski definition) is 4. The SMILES string of the molecule is NC[C@@H](N)c1ccc(F)c(C(=O)O)c1O. The van der Waals surface area contributed by atoms with Gasteiger partial charge in [-0.25, -0.2) is 9.18 Å². The van der Waals surface area contributed by atoms with Crippen molar-refractivity contribution in [2.24, 2.45) is 11.5 Å². The molecule has 0 saturated heterocycles. The molecule has 5 nitrogen and oxygen atoms in total. The second-order valence-electron chi connectivity index (χ2n) is 3.01. The van der Waals surface area contributed by atoms with Crippen molar-refractivity contribution in [2.45, 2.75) is 6.04 Å². The van der Waals surface area contributed by atoms with Crippen LogP contribution in [0.1, 0.15) is 22.0 Å². The summed E-state index contributed by atoms with van der Waals surface area (Å²) in [4.78, 5) is 10.6. The quantitative estimate of drug-likeness (QED) is 0.574. The molecule has 82 valence electrons. The van der Waals surface area contributed by atoms with Crippen LogP contribution in [0.25, 0.3) is 0 Å². The van der Waals surface area contributed by atoms with Crippen molar-refractivity contribution in [3.05, 3.63) is 29.1 Å². The lowest BCUT2D eigenvalue weighted by molar-refractivity contribution is 0.0688. The Morgan fingerprint density at radius 2 is 2.13 bits per heavy atom. The molecular weight excluding hydrogens is 203 g/mol. The standard InChI is InChI=1S/C9H11FN2O3/c10-5-2-1-4(6(12)3-11)8(13)7(5)9(14)15/h1-2,6,13H,3,11-12H2,(H,14,15)/t6-/m1/s1. The van der Waals surface area contributed by atoms with Gasteiger partial charge in [-0.05, 0) is 6.07 Å². The molecule has 0 amide bonds. The number of carboxylic acid groups (broad SMARTS) is 1. The number of rotatable bonds is 3. The van der Waals surface area contributed by atoms with Gasteiger partial charge in [0.05, 0.1) is 0 Å². The van der Waals surface area contributed by atoms with Gasteiger partial charge in [0.25, 0.3) is 0 Å². The molecule has 0 aliphatic heterocycles. The van der Waals surface area contributed by atoms with E-state index in [4.69, 9.17) is 16.6 Å². The zero-order valence-electron chi connectivity index (χ0n) is 7.77. The van der Waals surface area contributed by atoms with Gasteiger partial charge in [0.1, 0.15) is 17.1 Å². The minimum atomic E-state index is -1.55. The fraction of sp³-hybridized carbons (Fsp3) is 0.222. The van der Waals surface area contributed by atoms with Crippen LogP contribution in [0, 0.1) is 5.82 Å². The molecule has 1 rings (SSSR count). The minimum absolute atomic E-state index is 0.0260. The summed E-state index contributed by atoms with van der Waals surface area (Å²) in [5.41, 5.74) is 10.1. The van der Waals surface area contributed by atoms with Crippen molar-refractivity contribution >= 4 is 5.97 Å². The van der Waals surface area contributed by atoms with Crippen molar-refractivity contribution < 1.29 is 19.4 Å². The second-order valence-corrected chi connectivity index (χ2v) is 3.01. The molecular formula is C9H11FN2O3. The molecule has 0 spiro atoms. The lowest BCUT2D eigenvalue weighted by Gasteiger charge is -2.13. The average Bonchev–Trinajstić information content (AvgIpc) is 2.16. The highest BCUT2D eigenvalue weighted by Crippen LogP contribution is 2.28. The van der Waals surface area contributed by atoms with Gasteiger partial charge in [-0.3, -0.25) is 0 Å². The molecule has 0 aliphatic rings. The van der Waals surface area contributed by atoms with E-state index in [1.807, 2.05) is 0 Å². The number of benzene rings is 1. The van der Waals surface area contributed by atoms with Gasteiger partial charge in [-0.1, -0.05) is 6.07 Å². The maximum absolute atomic E-state index is 13.0. The van der Waals surface area contributed by atoms with Gasteiger partial charge in [0, 0.05) is 18.2 Å². The van der Waals surface area contributed by atoms with E-state index < -0.39 is 29.1 Å². The smallest absolute Gasteiger partial charge is 0.342 e. The van der Waals surface area contributed by atoms with Gasteiger partial charge >= 0.3 is 5.97 Å². The number of aromatic hydroxyl groups is 1. The van der Waals surface area contributed by atoms with Gasteiger partial charge in [-0.2, -0.15) is 0 Å². The van der Waals surface area contributed by atoms with Gasteiger partial charge < -0.3 is 21.7 Å². The van der Waals surface area contributed by atoms with Crippen LogP contribution < -0.4 is 11.5 Å². The molecule has 1 aromatic carbocycles. The summed E-state index contributed by atoms with van der Waals surface area (Å²) < 4.78 is 13.0. The summed E-state index contributed by atoms with van der Waals surface area (Å²) in [6.07, 6.45) is 0. The van der Waals surface area contributed by atoms with E-state index in [1.165, 1.54) is 6.07 Å². The van der Waals surface area contributed by atoms with E-state index in [2.05, 4.69) is 0 Å². The first-order chi connectivity index (χ1) is 6.99. The lowest BCUT2D eigenvalue weighted by Crippen LogP contribution is -2.21. The number of carboxylic acids is 1. The van der Waals surface area contributed by atoms with Gasteiger partial charge in [0.15, 0.2) is 0 Å². The number of aromatic carboxylic acids is 1. The van der Waals surface area contributed by atoms with Crippen molar-refractivity contribution in [3.63, 3.8) is 0 Å². The Bertz CT molecular complexity index is 395. The third-order valence-corrected chi connectivity index (χ3v) is 2.03. The fourth-order valence-electron chi connectivity index (χ4n) is 1.21. The molecule has 1 atom stereocenters. The van der Waals surface area contributed by atoms with E-state index in [9.17, 15) is 14.3 Å². The monoisotopic (exact) mass is 214 g/mol. The molecule has 6 N–H and O–H groups in total. The Hall–Kier alpha value is -1.66. The van der Waals surface area contributed by atoms with Gasteiger partial charge in [-0.15, -0.1) is 0 Å². The van der Waals surface area contributed by atoms with Crippen LogP contribution in [0.5, 0.6) is 5.75 Å². The van der Waals surface area contributed by atoms with Crippen molar-refractivity contribution in [1.82, 2.24) is 0 Å². The van der Waals surface area contributed by atoms with E-state index >= 15 is 0 Å². The predicted molar refractivity (Wildman–Crippen MR) is 51.0 cm³/mol. The average molecular weight is 214 g/mol. The second kappa shape index (κ2) is 4.24. The Morgan fingerprint density at radius 1 is 1.53 bits per heavy atom. The predicted octanol–water partition coefficient (Wildman–Crippen LogP) is 0.188. The molecule has 15 heavy (non-hydrogen) atoms. The molecule has 1 aromatic rings. The summed E-state index contributed by atoms with van der Waals surface area (Å²) >= 11 is 0. The maximum Gasteiger partial charge on any atom is 0.342 e. The highest BCUT2D eigenvalue weighted by Gasteiger charge is 2.21. The van der Waals surface area contributed by atoms with Crippen LogP contribution in [0.2, 0.25) is 0 Å². The van der Waals surface area contributed by atoms with Crippen molar-refractivity contribution in [1.29, 1.82) is 0 Å². The number of carbonyl (C=O) groups is 1. The number of halogens is 1. The van der Waals surface area contributed by atoms with E-state index in [1.54, 1.807) is 0 Å². The molecule has 0 saturated carbocycles. The summed E-state index contributed by atoms with van der Waals surface area (Å²) in [5, 5.41) is 18.1. The largest absolute Gasteiger partial charge is 0.507 e. The zero-order valence-corrected chi connectivity index (χ0v) is 7.77. The fourth-order valence-corrected chi connectivity index (χ4v) is 1.21. The highest BCUT2D eigenvalue weighted by atomic mass is 19.1. The van der Waals surface area contributed by atoms with E-state index in [0.29, 0.717) is 0 Å². The van der Waals surface area contributed by atoms with Crippen LogP contribution in [-0.2, 0) is 0 Å². The molecule has 0 bridgehead atoms. The Kier molecular flexibility index (Phi) is 3.23. The zero-order chi connectivity index (χ0) is 11.6. The Morgan fingerprint density at radius 3 is 2.60 bits per heavy atom. The molecule has 0 heterocycles. The summed E-state index contributed by atoms with van der Waals surface area (Å²) in [6.45, 7) is 0.0260. The number of nitrogens with two attached hydrogens (primary N) is 2. The topological polar surface area (TPSA) is 110 Å². The van der Waals surface area contributed by atoms with E-state index in [-0.39, 0.29) is 12.1 Å².